The van der Waals surface area contributed by atoms with Crippen LogP contribution in [0.1, 0.15) is 22.8 Å². The minimum Gasteiger partial charge on any atom is -0.496 e. The third-order valence-electron chi connectivity index (χ3n) is 2.98. The van der Waals surface area contributed by atoms with Crippen molar-refractivity contribution in [2.45, 2.75) is 6.92 Å². The van der Waals surface area contributed by atoms with Crippen molar-refractivity contribution < 1.29 is 9.53 Å². The van der Waals surface area contributed by atoms with Gasteiger partial charge in [0.2, 0.25) is 0 Å². The smallest absolute Gasteiger partial charge is 0.275 e. The summed E-state index contributed by atoms with van der Waals surface area (Å²) in [6, 6.07) is 16.9. The summed E-state index contributed by atoms with van der Waals surface area (Å²) < 4.78 is 5.15. The van der Waals surface area contributed by atoms with Crippen LogP contribution < -0.4 is 10.2 Å². The third kappa shape index (κ3) is 4.31. The summed E-state index contributed by atoms with van der Waals surface area (Å²) in [5.74, 6) is 0.216. The van der Waals surface area contributed by atoms with Crippen LogP contribution in [0.3, 0.4) is 0 Å². The number of carbonyl (C=O) groups is 1. The molecule has 0 spiro atoms. The lowest BCUT2D eigenvalue weighted by molar-refractivity contribution is 0.0952. The normalized spacial score (nSPS) is 11.5. The van der Waals surface area contributed by atoms with Crippen molar-refractivity contribution in [3.8, 4) is 5.75 Å². The van der Waals surface area contributed by atoms with Crippen LogP contribution in [0.15, 0.2) is 65.3 Å². The molecule has 0 fully saturated rings. The lowest BCUT2D eigenvalue weighted by Gasteiger charge is -2.05. The summed E-state index contributed by atoms with van der Waals surface area (Å²) in [5, 5.41) is 3.97. The van der Waals surface area contributed by atoms with Gasteiger partial charge >= 0.3 is 0 Å². The SMILES string of the molecule is COc1ccccc1C(=O)N/N=C/C(C)=C/c1ccccc1. The summed E-state index contributed by atoms with van der Waals surface area (Å²) in [6.07, 6.45) is 3.60. The molecule has 1 N–H and O–H groups in total. The van der Waals surface area contributed by atoms with Crippen molar-refractivity contribution >= 4 is 18.2 Å². The lowest BCUT2D eigenvalue weighted by Crippen LogP contribution is -2.18. The van der Waals surface area contributed by atoms with Crippen molar-refractivity contribution in [1.29, 1.82) is 0 Å². The average Bonchev–Trinajstić information content (AvgIpc) is 2.55. The Bertz CT molecular complexity index is 691. The van der Waals surface area contributed by atoms with Crippen LogP contribution in [-0.4, -0.2) is 19.2 Å². The van der Waals surface area contributed by atoms with E-state index in [0.717, 1.165) is 11.1 Å². The van der Waals surface area contributed by atoms with Crippen LogP contribution in [-0.2, 0) is 0 Å². The van der Waals surface area contributed by atoms with Gasteiger partial charge in [-0.2, -0.15) is 5.10 Å². The summed E-state index contributed by atoms with van der Waals surface area (Å²) in [5.41, 5.74) is 4.97. The Morgan fingerprint density at radius 2 is 1.77 bits per heavy atom. The van der Waals surface area contributed by atoms with E-state index in [1.54, 1.807) is 24.4 Å². The molecule has 0 saturated heterocycles. The fourth-order valence-corrected chi connectivity index (χ4v) is 1.93. The second-order valence-electron chi connectivity index (χ2n) is 4.70. The molecule has 2 aromatic rings. The molecule has 0 saturated carbocycles. The molecule has 0 aliphatic heterocycles. The predicted molar refractivity (Wildman–Crippen MR) is 89.0 cm³/mol. The van der Waals surface area contributed by atoms with Crippen LogP contribution in [0.5, 0.6) is 5.75 Å². The fourth-order valence-electron chi connectivity index (χ4n) is 1.93. The quantitative estimate of drug-likeness (QED) is 0.677. The molecule has 0 radical (unpaired) electrons. The lowest BCUT2D eigenvalue weighted by atomic mass is 10.1. The molecular weight excluding hydrogens is 276 g/mol. The van der Waals surface area contributed by atoms with Gasteiger partial charge in [-0.1, -0.05) is 48.5 Å². The molecule has 1 amide bonds. The molecular formula is C18H18N2O2. The molecule has 0 bridgehead atoms. The van der Waals surface area contributed by atoms with E-state index < -0.39 is 0 Å². The van der Waals surface area contributed by atoms with E-state index in [9.17, 15) is 4.79 Å². The summed E-state index contributed by atoms with van der Waals surface area (Å²) in [4.78, 5) is 12.0. The first kappa shape index (κ1) is 15.5. The van der Waals surface area contributed by atoms with Gasteiger partial charge in [0.15, 0.2) is 0 Å². The first-order valence-corrected chi connectivity index (χ1v) is 6.90. The molecule has 2 rings (SSSR count). The van der Waals surface area contributed by atoms with E-state index in [2.05, 4.69) is 10.5 Å². The number of allylic oxidation sites excluding steroid dienone is 1. The van der Waals surface area contributed by atoms with Crippen LogP contribution in [0.4, 0.5) is 0 Å². The number of hydrogen-bond donors (Lipinski definition) is 1. The van der Waals surface area contributed by atoms with E-state index in [1.165, 1.54) is 7.11 Å². The van der Waals surface area contributed by atoms with E-state index in [0.29, 0.717) is 11.3 Å². The van der Waals surface area contributed by atoms with Gasteiger partial charge in [-0.3, -0.25) is 4.79 Å². The van der Waals surface area contributed by atoms with Gasteiger partial charge in [0.1, 0.15) is 5.75 Å². The Kier molecular flexibility index (Phi) is 5.49. The number of nitrogens with one attached hydrogen (secondary N) is 1. The highest BCUT2D eigenvalue weighted by molar-refractivity contribution is 5.97. The van der Waals surface area contributed by atoms with Gasteiger partial charge in [0, 0.05) is 0 Å². The number of hydrazone groups is 1. The Hall–Kier alpha value is -2.88. The summed E-state index contributed by atoms with van der Waals surface area (Å²) in [6.45, 7) is 1.92. The summed E-state index contributed by atoms with van der Waals surface area (Å²) >= 11 is 0. The number of rotatable bonds is 5. The number of carbonyl (C=O) groups excluding carboxylic acids is 1. The molecule has 0 aliphatic carbocycles. The highest BCUT2D eigenvalue weighted by Gasteiger charge is 2.09. The number of benzene rings is 2. The molecule has 22 heavy (non-hydrogen) atoms. The van der Waals surface area contributed by atoms with Gasteiger partial charge in [-0.15, -0.1) is 0 Å². The predicted octanol–water partition coefficient (Wildman–Crippen LogP) is 3.51. The number of methoxy groups -OCH3 is 1. The number of ether oxygens (including phenoxy) is 1. The molecule has 0 atom stereocenters. The van der Waals surface area contributed by atoms with Crippen LogP contribution in [0.2, 0.25) is 0 Å². The van der Waals surface area contributed by atoms with Crippen molar-refractivity contribution in [2.75, 3.05) is 7.11 Å². The van der Waals surface area contributed by atoms with Crippen LogP contribution >= 0.6 is 0 Å². The number of amides is 1. The topological polar surface area (TPSA) is 50.7 Å². The molecule has 0 aliphatic rings. The molecule has 0 heterocycles. The van der Waals surface area contributed by atoms with E-state index in [1.807, 2.05) is 49.4 Å². The molecule has 112 valence electrons. The third-order valence-corrected chi connectivity index (χ3v) is 2.98. The second kappa shape index (κ2) is 7.78. The zero-order valence-corrected chi connectivity index (χ0v) is 12.6. The second-order valence-corrected chi connectivity index (χ2v) is 4.70. The van der Waals surface area contributed by atoms with Gasteiger partial charge in [-0.25, -0.2) is 5.43 Å². The van der Waals surface area contributed by atoms with Gasteiger partial charge < -0.3 is 4.74 Å². The van der Waals surface area contributed by atoms with Crippen molar-refractivity contribution in [3.63, 3.8) is 0 Å². The molecule has 0 unspecified atom stereocenters. The van der Waals surface area contributed by atoms with Crippen LogP contribution in [0.25, 0.3) is 6.08 Å². The maximum absolute atomic E-state index is 12.0. The maximum Gasteiger partial charge on any atom is 0.275 e. The largest absolute Gasteiger partial charge is 0.496 e. The van der Waals surface area contributed by atoms with Crippen molar-refractivity contribution in [2.24, 2.45) is 5.10 Å². The van der Waals surface area contributed by atoms with Gasteiger partial charge in [0.05, 0.1) is 18.9 Å². The summed E-state index contributed by atoms with van der Waals surface area (Å²) in [7, 11) is 1.53. The molecule has 4 nitrogen and oxygen atoms in total. The maximum atomic E-state index is 12.0. The standard InChI is InChI=1S/C18H18N2O2/c1-14(12-15-8-4-3-5-9-15)13-19-20-18(21)16-10-6-7-11-17(16)22-2/h3-13H,1-2H3,(H,20,21)/b14-12+,19-13+. The van der Waals surface area contributed by atoms with E-state index in [-0.39, 0.29) is 5.91 Å². The Morgan fingerprint density at radius 3 is 2.50 bits per heavy atom. The van der Waals surface area contributed by atoms with E-state index >= 15 is 0 Å². The van der Waals surface area contributed by atoms with Gasteiger partial charge in [-0.05, 0) is 30.2 Å². The minimum absolute atomic E-state index is 0.304. The Morgan fingerprint density at radius 1 is 1.09 bits per heavy atom. The van der Waals surface area contributed by atoms with Crippen molar-refractivity contribution in [1.82, 2.24) is 5.43 Å². The number of hydrogen-bond acceptors (Lipinski definition) is 3. The highest BCUT2D eigenvalue weighted by atomic mass is 16.5. The fraction of sp³-hybridized carbons (Fsp3) is 0.111. The Labute approximate surface area is 130 Å². The zero-order chi connectivity index (χ0) is 15.8. The number of para-hydroxylation sites is 1. The highest BCUT2D eigenvalue weighted by Crippen LogP contribution is 2.16. The average molecular weight is 294 g/mol. The van der Waals surface area contributed by atoms with E-state index in [4.69, 9.17) is 4.74 Å². The molecule has 0 aromatic heterocycles. The van der Waals surface area contributed by atoms with Crippen molar-refractivity contribution in [3.05, 3.63) is 71.3 Å². The molecule has 4 heteroatoms. The molecule has 2 aromatic carbocycles. The van der Waals surface area contributed by atoms with Crippen LogP contribution in [0, 0.1) is 0 Å². The minimum atomic E-state index is -0.304. The van der Waals surface area contributed by atoms with Gasteiger partial charge in [0.25, 0.3) is 5.91 Å². The number of nitrogens with zero attached hydrogens (tertiary/aromatic N) is 1. The first-order chi connectivity index (χ1) is 10.7. The Balaban J connectivity index is 2.00. The first-order valence-electron chi connectivity index (χ1n) is 6.90. The monoisotopic (exact) mass is 294 g/mol. The zero-order valence-electron chi connectivity index (χ0n) is 12.6.